The number of hydrogen-bond donors (Lipinski definition) is 2. The Morgan fingerprint density at radius 2 is 1.79 bits per heavy atom. The Morgan fingerprint density at radius 1 is 1.07 bits per heavy atom. The van der Waals surface area contributed by atoms with Crippen LogP contribution in [-0.4, -0.2) is 43.5 Å². The third-order valence-corrected chi connectivity index (χ3v) is 5.80. The fraction of sp³-hybridized carbons (Fsp3) is 0.429. The van der Waals surface area contributed by atoms with Crippen LogP contribution in [0.25, 0.3) is 0 Å². The van der Waals surface area contributed by atoms with E-state index in [4.69, 9.17) is 4.74 Å². The zero-order valence-electron chi connectivity index (χ0n) is 16.1. The first-order chi connectivity index (χ1) is 13.6. The van der Waals surface area contributed by atoms with Crippen molar-refractivity contribution >= 4 is 23.2 Å². The maximum atomic E-state index is 12.0. The van der Waals surface area contributed by atoms with Gasteiger partial charge in [-0.1, -0.05) is 12.1 Å². The highest BCUT2D eigenvalue weighted by molar-refractivity contribution is 7.07. The molecule has 1 aromatic heterocycles. The summed E-state index contributed by atoms with van der Waals surface area (Å²) in [5.74, 6) is 0.0335. The van der Waals surface area contributed by atoms with Crippen molar-refractivity contribution in [3.8, 4) is 5.75 Å². The van der Waals surface area contributed by atoms with Gasteiger partial charge < -0.3 is 15.4 Å². The average molecular weight is 402 g/mol. The summed E-state index contributed by atoms with van der Waals surface area (Å²) in [5.41, 5.74) is 2.28. The van der Waals surface area contributed by atoms with Gasteiger partial charge in [0.2, 0.25) is 0 Å². The molecular weight excluding hydrogens is 374 g/mol. The average Bonchev–Trinajstić information content (AvgIpc) is 3.24. The number of ether oxygens (including phenoxy) is 1. The summed E-state index contributed by atoms with van der Waals surface area (Å²) in [7, 11) is 1.61. The summed E-state index contributed by atoms with van der Waals surface area (Å²) < 4.78 is 5.10. The second-order valence-electron chi connectivity index (χ2n) is 7.09. The molecule has 0 unspecified atom stereocenters. The molecule has 2 amide bonds. The highest BCUT2D eigenvalue weighted by atomic mass is 32.1. The van der Waals surface area contributed by atoms with E-state index >= 15 is 0 Å². The topological polar surface area (TPSA) is 70.7 Å². The molecule has 1 aliphatic heterocycles. The highest BCUT2D eigenvalue weighted by Gasteiger charge is 2.21. The Labute approximate surface area is 169 Å². The van der Waals surface area contributed by atoms with Crippen molar-refractivity contribution in [2.24, 2.45) is 5.92 Å². The van der Waals surface area contributed by atoms with E-state index in [1.165, 1.54) is 5.56 Å². The van der Waals surface area contributed by atoms with E-state index in [1.807, 2.05) is 24.3 Å². The van der Waals surface area contributed by atoms with Crippen molar-refractivity contribution in [3.63, 3.8) is 0 Å². The molecular formula is C21H27N3O3S. The smallest absolute Gasteiger partial charge is 0.309 e. The molecule has 1 aromatic carbocycles. The second-order valence-corrected chi connectivity index (χ2v) is 7.87. The standard InChI is InChI=1S/C21H27N3O3S/c1-27-19-4-2-16(3-5-19)12-22-20(25)21(26)23-13-17-6-9-24(10-7-17)14-18-8-11-28-15-18/h2-5,8,11,15,17H,6-7,9-10,12-14H2,1H3,(H,22,25)(H,23,26). The largest absolute Gasteiger partial charge is 0.497 e. The number of carbonyl (C=O) groups is 2. The summed E-state index contributed by atoms with van der Waals surface area (Å²) >= 11 is 1.73. The lowest BCUT2D eigenvalue weighted by molar-refractivity contribution is -0.139. The lowest BCUT2D eigenvalue weighted by atomic mass is 9.96. The zero-order valence-corrected chi connectivity index (χ0v) is 17.0. The van der Waals surface area contributed by atoms with Gasteiger partial charge in [0.05, 0.1) is 7.11 Å². The van der Waals surface area contributed by atoms with E-state index in [9.17, 15) is 9.59 Å². The van der Waals surface area contributed by atoms with Gasteiger partial charge in [-0.15, -0.1) is 0 Å². The lowest BCUT2D eigenvalue weighted by Crippen LogP contribution is -2.43. The molecule has 0 radical (unpaired) electrons. The van der Waals surface area contributed by atoms with Gasteiger partial charge in [0.15, 0.2) is 0 Å². The summed E-state index contributed by atoms with van der Waals surface area (Å²) in [6.45, 7) is 3.93. The van der Waals surface area contributed by atoms with Crippen molar-refractivity contribution in [2.45, 2.75) is 25.9 Å². The van der Waals surface area contributed by atoms with Crippen LogP contribution in [0.3, 0.4) is 0 Å². The number of rotatable bonds is 7. The summed E-state index contributed by atoms with van der Waals surface area (Å²) in [4.78, 5) is 26.5. The molecule has 28 heavy (non-hydrogen) atoms. The normalized spacial score (nSPS) is 15.2. The Balaban J connectivity index is 1.32. The van der Waals surface area contributed by atoms with Crippen molar-refractivity contribution < 1.29 is 14.3 Å². The number of likely N-dealkylation sites (tertiary alicyclic amines) is 1. The van der Waals surface area contributed by atoms with E-state index in [-0.39, 0.29) is 0 Å². The van der Waals surface area contributed by atoms with Crippen LogP contribution in [0.15, 0.2) is 41.1 Å². The van der Waals surface area contributed by atoms with Crippen LogP contribution in [0.4, 0.5) is 0 Å². The predicted molar refractivity (Wildman–Crippen MR) is 110 cm³/mol. The molecule has 3 rings (SSSR count). The molecule has 7 heteroatoms. The highest BCUT2D eigenvalue weighted by Crippen LogP contribution is 2.19. The van der Waals surface area contributed by atoms with Gasteiger partial charge in [-0.25, -0.2) is 0 Å². The number of piperidine rings is 1. The number of nitrogens with one attached hydrogen (secondary N) is 2. The first-order valence-electron chi connectivity index (χ1n) is 9.56. The minimum Gasteiger partial charge on any atom is -0.497 e. The molecule has 6 nitrogen and oxygen atoms in total. The first kappa shape index (κ1) is 20.4. The zero-order chi connectivity index (χ0) is 19.8. The predicted octanol–water partition coefficient (Wildman–Crippen LogP) is 2.40. The summed E-state index contributed by atoms with van der Waals surface area (Å²) in [6, 6.07) is 9.54. The van der Waals surface area contributed by atoms with Gasteiger partial charge in [-0.05, 0) is 71.9 Å². The van der Waals surface area contributed by atoms with Gasteiger partial charge in [0.1, 0.15) is 5.75 Å². The Hall–Kier alpha value is -2.38. The molecule has 0 saturated carbocycles. The van der Waals surface area contributed by atoms with Crippen LogP contribution in [0, 0.1) is 5.92 Å². The number of hydrogen-bond acceptors (Lipinski definition) is 5. The van der Waals surface area contributed by atoms with E-state index in [0.29, 0.717) is 19.0 Å². The van der Waals surface area contributed by atoms with Crippen LogP contribution in [0.1, 0.15) is 24.0 Å². The SMILES string of the molecule is COc1ccc(CNC(=O)C(=O)NCC2CCN(Cc3ccsc3)CC2)cc1. The van der Waals surface area contributed by atoms with E-state index in [2.05, 4.69) is 32.4 Å². The molecule has 1 aliphatic rings. The quantitative estimate of drug-likeness (QED) is 0.699. The fourth-order valence-corrected chi connectivity index (χ4v) is 3.97. The molecule has 2 heterocycles. The number of methoxy groups -OCH3 is 1. The Bertz CT molecular complexity index is 754. The van der Waals surface area contributed by atoms with E-state index < -0.39 is 11.8 Å². The van der Waals surface area contributed by atoms with Crippen molar-refractivity contribution in [1.29, 1.82) is 0 Å². The van der Waals surface area contributed by atoms with Crippen LogP contribution >= 0.6 is 11.3 Å². The monoisotopic (exact) mass is 401 g/mol. The minimum atomic E-state index is -0.592. The van der Waals surface area contributed by atoms with Crippen molar-refractivity contribution in [1.82, 2.24) is 15.5 Å². The molecule has 2 aromatic rings. The fourth-order valence-electron chi connectivity index (χ4n) is 3.31. The Kier molecular flexibility index (Phi) is 7.45. The van der Waals surface area contributed by atoms with Crippen LogP contribution in [0.5, 0.6) is 5.75 Å². The molecule has 0 atom stereocenters. The molecule has 2 N–H and O–H groups in total. The first-order valence-corrected chi connectivity index (χ1v) is 10.5. The van der Waals surface area contributed by atoms with Gasteiger partial charge >= 0.3 is 11.8 Å². The second kappa shape index (κ2) is 10.2. The van der Waals surface area contributed by atoms with E-state index in [1.54, 1.807) is 18.4 Å². The number of amides is 2. The molecule has 150 valence electrons. The number of carbonyl (C=O) groups excluding carboxylic acids is 2. The Morgan fingerprint density at radius 3 is 2.43 bits per heavy atom. The van der Waals surface area contributed by atoms with Gasteiger partial charge in [0.25, 0.3) is 0 Å². The van der Waals surface area contributed by atoms with Gasteiger partial charge in [-0.2, -0.15) is 11.3 Å². The van der Waals surface area contributed by atoms with Crippen LogP contribution in [-0.2, 0) is 22.7 Å². The van der Waals surface area contributed by atoms with Gasteiger partial charge in [-0.3, -0.25) is 14.5 Å². The number of benzene rings is 1. The van der Waals surface area contributed by atoms with Crippen molar-refractivity contribution in [3.05, 3.63) is 52.2 Å². The molecule has 1 saturated heterocycles. The van der Waals surface area contributed by atoms with Crippen molar-refractivity contribution in [2.75, 3.05) is 26.7 Å². The minimum absolute atomic E-state index is 0.317. The lowest BCUT2D eigenvalue weighted by Gasteiger charge is -2.31. The van der Waals surface area contributed by atoms with E-state index in [0.717, 1.165) is 43.8 Å². The molecule has 0 aliphatic carbocycles. The maximum absolute atomic E-state index is 12.0. The van der Waals surface area contributed by atoms with Gasteiger partial charge in [0, 0.05) is 19.6 Å². The van der Waals surface area contributed by atoms with Crippen LogP contribution in [0.2, 0.25) is 0 Å². The molecule has 0 bridgehead atoms. The number of nitrogens with zero attached hydrogens (tertiary/aromatic N) is 1. The number of thiophene rings is 1. The van der Waals surface area contributed by atoms with Crippen LogP contribution < -0.4 is 15.4 Å². The summed E-state index contributed by atoms with van der Waals surface area (Å²) in [6.07, 6.45) is 2.08. The molecule has 0 spiro atoms. The third kappa shape index (κ3) is 6.07. The third-order valence-electron chi connectivity index (χ3n) is 5.06. The summed E-state index contributed by atoms with van der Waals surface area (Å²) in [5, 5.41) is 9.74. The molecule has 1 fully saturated rings. The maximum Gasteiger partial charge on any atom is 0.309 e.